The van der Waals surface area contributed by atoms with Gasteiger partial charge in [-0.3, -0.25) is 4.99 Å². The van der Waals surface area contributed by atoms with Crippen molar-refractivity contribution in [1.82, 2.24) is 15.2 Å². The van der Waals surface area contributed by atoms with Crippen LogP contribution < -0.4 is 15.0 Å². The Morgan fingerprint density at radius 2 is 1.93 bits per heavy atom. The molecule has 160 valence electrons. The van der Waals surface area contributed by atoms with E-state index in [0.717, 1.165) is 56.2 Å². The topological polar surface area (TPSA) is 73.2 Å². The largest absolute Gasteiger partial charge is 0.506 e. The number of nitrogens with zero attached hydrogens (tertiary/aromatic N) is 4. The zero-order chi connectivity index (χ0) is 20.8. The number of aliphatic imine (C=N–C) groups is 1. The monoisotopic (exact) mass is 409 g/mol. The molecule has 1 aromatic carbocycles. The minimum absolute atomic E-state index is 0.314. The van der Waals surface area contributed by atoms with Gasteiger partial charge in [0.05, 0.1) is 5.69 Å². The van der Waals surface area contributed by atoms with Crippen molar-refractivity contribution in [1.29, 1.82) is 0 Å². The molecule has 0 unspecified atom stereocenters. The lowest BCUT2D eigenvalue weighted by molar-refractivity contribution is 0.201. The third kappa shape index (κ3) is 4.96. The van der Waals surface area contributed by atoms with Crippen molar-refractivity contribution in [3.05, 3.63) is 48.2 Å². The number of aromatic nitrogens is 1. The molecule has 1 aliphatic heterocycles. The molecule has 0 spiro atoms. The molecule has 1 aliphatic carbocycles. The Labute approximate surface area is 178 Å². The van der Waals surface area contributed by atoms with E-state index in [0.29, 0.717) is 24.3 Å². The Hall–Kier alpha value is -2.96. The van der Waals surface area contributed by atoms with Crippen molar-refractivity contribution in [2.75, 3.05) is 38.1 Å². The van der Waals surface area contributed by atoms with Crippen LogP contribution in [0.4, 0.5) is 5.69 Å². The summed E-state index contributed by atoms with van der Waals surface area (Å²) in [7, 11) is 1.82. The van der Waals surface area contributed by atoms with Gasteiger partial charge in [0.15, 0.2) is 5.96 Å². The number of hydrogen-bond acceptors (Lipinski definition) is 5. The summed E-state index contributed by atoms with van der Waals surface area (Å²) in [6.45, 7) is 4.05. The van der Waals surface area contributed by atoms with E-state index in [1.54, 1.807) is 6.07 Å². The number of ether oxygens (including phenoxy) is 1. The van der Waals surface area contributed by atoms with Gasteiger partial charge in [-0.2, -0.15) is 0 Å². The molecule has 4 rings (SSSR count). The van der Waals surface area contributed by atoms with Crippen LogP contribution in [-0.2, 0) is 6.54 Å². The SMILES string of the molecule is CN=C(NCc1ccnc(OC2CCCC2)c1)N1CCN(c2ccccc2O)CC1. The summed E-state index contributed by atoms with van der Waals surface area (Å²) in [4.78, 5) is 13.3. The fourth-order valence-electron chi connectivity index (χ4n) is 4.21. The van der Waals surface area contributed by atoms with Gasteiger partial charge in [0, 0.05) is 52.0 Å². The average Bonchev–Trinajstić information content (AvgIpc) is 3.28. The van der Waals surface area contributed by atoms with Crippen LogP contribution in [0.2, 0.25) is 0 Å². The molecule has 1 saturated heterocycles. The standard InChI is InChI=1S/C23H31N5O2/c1-24-23(28-14-12-27(13-15-28)20-8-4-5-9-21(20)29)26-17-18-10-11-25-22(16-18)30-19-6-2-3-7-19/h4-5,8-11,16,19,29H,2-3,6-7,12-15,17H2,1H3,(H,24,26). The lowest BCUT2D eigenvalue weighted by Crippen LogP contribution is -2.52. The number of benzene rings is 1. The number of pyridine rings is 1. The van der Waals surface area contributed by atoms with E-state index in [-0.39, 0.29) is 0 Å². The highest BCUT2D eigenvalue weighted by atomic mass is 16.5. The Bertz CT molecular complexity index is 858. The van der Waals surface area contributed by atoms with Crippen LogP contribution in [0.15, 0.2) is 47.6 Å². The van der Waals surface area contributed by atoms with Crippen LogP contribution in [0.25, 0.3) is 0 Å². The third-order valence-corrected chi connectivity index (χ3v) is 5.85. The van der Waals surface area contributed by atoms with E-state index in [1.165, 1.54) is 12.8 Å². The number of guanidine groups is 1. The van der Waals surface area contributed by atoms with Crippen molar-refractivity contribution in [2.45, 2.75) is 38.3 Å². The number of anilines is 1. The fourth-order valence-corrected chi connectivity index (χ4v) is 4.21. The first-order chi connectivity index (χ1) is 14.7. The van der Waals surface area contributed by atoms with Crippen LogP contribution in [-0.4, -0.2) is 60.3 Å². The van der Waals surface area contributed by atoms with Crippen LogP contribution in [0.1, 0.15) is 31.2 Å². The molecule has 1 aromatic heterocycles. The van der Waals surface area contributed by atoms with Gasteiger partial charge in [-0.15, -0.1) is 0 Å². The molecular weight excluding hydrogens is 378 g/mol. The molecule has 0 amide bonds. The molecule has 0 radical (unpaired) electrons. The number of nitrogens with one attached hydrogen (secondary N) is 1. The van der Waals surface area contributed by atoms with E-state index in [1.807, 2.05) is 43.6 Å². The molecule has 7 heteroatoms. The first-order valence-electron chi connectivity index (χ1n) is 10.8. The average molecular weight is 410 g/mol. The fraction of sp³-hybridized carbons (Fsp3) is 0.478. The Kier molecular flexibility index (Phi) is 6.57. The highest BCUT2D eigenvalue weighted by Gasteiger charge is 2.21. The number of rotatable bonds is 5. The predicted molar refractivity (Wildman–Crippen MR) is 119 cm³/mol. The van der Waals surface area contributed by atoms with Gasteiger partial charge in [0.25, 0.3) is 0 Å². The minimum atomic E-state index is 0.314. The second-order valence-electron chi connectivity index (χ2n) is 7.89. The van der Waals surface area contributed by atoms with Gasteiger partial charge in [-0.1, -0.05) is 12.1 Å². The van der Waals surface area contributed by atoms with Crippen molar-refractivity contribution in [3.8, 4) is 11.6 Å². The minimum Gasteiger partial charge on any atom is -0.506 e. The number of phenols is 1. The summed E-state index contributed by atoms with van der Waals surface area (Å²) in [6.07, 6.45) is 6.88. The van der Waals surface area contributed by atoms with Gasteiger partial charge in [-0.25, -0.2) is 4.98 Å². The lowest BCUT2D eigenvalue weighted by Gasteiger charge is -2.37. The quantitative estimate of drug-likeness (QED) is 0.584. The number of piperazine rings is 1. The molecule has 2 aliphatic rings. The highest BCUT2D eigenvalue weighted by molar-refractivity contribution is 5.80. The third-order valence-electron chi connectivity index (χ3n) is 5.85. The van der Waals surface area contributed by atoms with Crippen LogP contribution in [0.3, 0.4) is 0 Å². The summed E-state index contributed by atoms with van der Waals surface area (Å²) in [5.41, 5.74) is 2.03. The van der Waals surface area contributed by atoms with E-state index < -0.39 is 0 Å². The summed E-state index contributed by atoms with van der Waals surface area (Å²) in [6, 6.07) is 11.5. The second-order valence-corrected chi connectivity index (χ2v) is 7.89. The molecule has 2 N–H and O–H groups in total. The van der Waals surface area contributed by atoms with Gasteiger partial charge in [0.1, 0.15) is 11.9 Å². The summed E-state index contributed by atoms with van der Waals surface area (Å²) < 4.78 is 6.02. The zero-order valence-corrected chi connectivity index (χ0v) is 17.6. The smallest absolute Gasteiger partial charge is 0.213 e. The normalized spacial score (nSPS) is 18.0. The summed E-state index contributed by atoms with van der Waals surface area (Å²) in [5.74, 6) is 1.94. The molecule has 2 heterocycles. The number of phenolic OH excluding ortho intramolecular Hbond substituents is 1. The Morgan fingerprint density at radius 3 is 2.67 bits per heavy atom. The first kappa shape index (κ1) is 20.3. The van der Waals surface area contributed by atoms with Crippen LogP contribution in [0.5, 0.6) is 11.6 Å². The Morgan fingerprint density at radius 1 is 1.17 bits per heavy atom. The maximum absolute atomic E-state index is 10.1. The van der Waals surface area contributed by atoms with Crippen molar-refractivity contribution in [3.63, 3.8) is 0 Å². The molecule has 2 aromatic rings. The molecule has 1 saturated carbocycles. The Balaban J connectivity index is 1.30. The molecule has 0 atom stereocenters. The van der Waals surface area contributed by atoms with Gasteiger partial charge >= 0.3 is 0 Å². The maximum Gasteiger partial charge on any atom is 0.213 e. The van der Waals surface area contributed by atoms with Crippen LogP contribution in [0, 0.1) is 0 Å². The summed E-state index contributed by atoms with van der Waals surface area (Å²) in [5, 5.41) is 13.6. The van der Waals surface area contributed by atoms with E-state index in [2.05, 4.69) is 25.1 Å². The molecule has 7 nitrogen and oxygen atoms in total. The number of para-hydroxylation sites is 2. The number of aromatic hydroxyl groups is 1. The maximum atomic E-state index is 10.1. The number of hydrogen-bond donors (Lipinski definition) is 2. The lowest BCUT2D eigenvalue weighted by atomic mass is 10.2. The van der Waals surface area contributed by atoms with Crippen LogP contribution >= 0.6 is 0 Å². The van der Waals surface area contributed by atoms with Gasteiger partial charge in [-0.05, 0) is 49.4 Å². The van der Waals surface area contributed by atoms with E-state index in [9.17, 15) is 5.11 Å². The molecule has 2 fully saturated rings. The predicted octanol–water partition coefficient (Wildman–Crippen LogP) is 3.01. The highest BCUT2D eigenvalue weighted by Crippen LogP contribution is 2.27. The van der Waals surface area contributed by atoms with Crippen molar-refractivity contribution < 1.29 is 9.84 Å². The first-order valence-corrected chi connectivity index (χ1v) is 10.8. The van der Waals surface area contributed by atoms with Gasteiger partial charge < -0.3 is 25.0 Å². The summed E-state index contributed by atoms with van der Waals surface area (Å²) >= 11 is 0. The molecular formula is C23H31N5O2. The zero-order valence-electron chi connectivity index (χ0n) is 17.6. The van der Waals surface area contributed by atoms with Gasteiger partial charge in [0.2, 0.25) is 5.88 Å². The second kappa shape index (κ2) is 9.69. The van der Waals surface area contributed by atoms with Crippen molar-refractivity contribution >= 4 is 11.6 Å². The molecule has 30 heavy (non-hydrogen) atoms. The van der Waals surface area contributed by atoms with E-state index in [4.69, 9.17) is 4.74 Å². The molecule has 0 bridgehead atoms. The van der Waals surface area contributed by atoms with Crippen molar-refractivity contribution in [2.24, 2.45) is 4.99 Å². The van der Waals surface area contributed by atoms with E-state index >= 15 is 0 Å².